The molecule has 0 aliphatic heterocycles. The number of aromatic nitrogens is 6. The van der Waals surface area contributed by atoms with Crippen LogP contribution in [0.25, 0.3) is 22.2 Å². The fraction of sp³-hybridized carbons (Fsp3) is 0.259. The standard InChI is InChI=1S/C27H24F2N8S/c1-16(34-18-6-7-18)21-14-31-24(29)13-20(21)19-5-3-2-4-17-12-23(38-26(17)19)25-22(28)15-32-27(35-25)30-8-10-37-11-9-33-36-37/h2-4,9,11-16,18,34H,6-8,10H2,1H3,(H,30,32,35). The van der Waals surface area contributed by atoms with E-state index < -0.39 is 11.8 Å². The minimum Gasteiger partial charge on any atom is -0.352 e. The molecule has 1 fully saturated rings. The first-order valence-electron chi connectivity index (χ1n) is 12.4. The Balaban J connectivity index is 1.33. The molecule has 1 unspecified atom stereocenters. The molecule has 4 aromatic rings. The van der Waals surface area contributed by atoms with Crippen molar-refractivity contribution in [1.82, 2.24) is 35.3 Å². The van der Waals surface area contributed by atoms with Crippen molar-refractivity contribution in [3.8, 4) is 10.6 Å². The van der Waals surface area contributed by atoms with Crippen LogP contribution in [0, 0.1) is 11.8 Å². The van der Waals surface area contributed by atoms with Crippen LogP contribution in [0.5, 0.6) is 0 Å². The zero-order valence-corrected chi connectivity index (χ0v) is 21.3. The van der Waals surface area contributed by atoms with E-state index in [0.717, 1.165) is 34.4 Å². The molecular weight excluding hydrogens is 506 g/mol. The molecule has 2 N–H and O–H groups in total. The summed E-state index contributed by atoms with van der Waals surface area (Å²) < 4.78 is 31.0. The quantitative estimate of drug-likeness (QED) is 0.232. The Bertz CT molecular complexity index is 1570. The summed E-state index contributed by atoms with van der Waals surface area (Å²) in [4.78, 5) is 14.0. The monoisotopic (exact) mass is 530 g/mol. The Morgan fingerprint density at radius 3 is 2.92 bits per heavy atom. The van der Waals surface area contributed by atoms with E-state index in [1.807, 2.05) is 24.3 Å². The third-order valence-corrected chi connectivity index (χ3v) is 7.54. The fourth-order valence-corrected chi connectivity index (χ4v) is 5.51. The van der Waals surface area contributed by atoms with Crippen LogP contribution >= 0.6 is 11.3 Å². The summed E-state index contributed by atoms with van der Waals surface area (Å²) in [6.45, 7) is 3.12. The highest BCUT2D eigenvalue weighted by Crippen LogP contribution is 2.41. The summed E-state index contributed by atoms with van der Waals surface area (Å²) in [5.41, 5.74) is 6.74. The number of rotatable bonds is 9. The van der Waals surface area contributed by atoms with E-state index in [-0.39, 0.29) is 11.7 Å². The van der Waals surface area contributed by atoms with Gasteiger partial charge in [-0.1, -0.05) is 17.4 Å². The van der Waals surface area contributed by atoms with Gasteiger partial charge < -0.3 is 10.6 Å². The van der Waals surface area contributed by atoms with Crippen molar-refractivity contribution in [1.29, 1.82) is 0 Å². The minimum atomic E-state index is -0.560. The molecule has 0 bridgehead atoms. The first kappa shape index (κ1) is 24.3. The fourth-order valence-electron chi connectivity index (χ4n) is 4.34. The smallest absolute Gasteiger partial charge is 0.223 e. The average Bonchev–Trinajstić information content (AvgIpc) is 3.45. The van der Waals surface area contributed by atoms with Crippen molar-refractivity contribution >= 4 is 28.9 Å². The van der Waals surface area contributed by atoms with Gasteiger partial charge >= 0.3 is 0 Å². The van der Waals surface area contributed by atoms with E-state index in [1.165, 1.54) is 23.6 Å². The lowest BCUT2D eigenvalue weighted by atomic mass is 9.95. The lowest BCUT2D eigenvalue weighted by Gasteiger charge is -2.18. The number of hydrogen-bond donors (Lipinski definition) is 2. The summed E-state index contributed by atoms with van der Waals surface area (Å²) in [5.74, 6) is -0.767. The number of pyridine rings is 1. The number of allylic oxidation sites excluding steroid dienone is 2. The normalized spacial score (nSPS) is 15.2. The number of nitrogens with zero attached hydrogens (tertiary/aromatic N) is 6. The predicted molar refractivity (Wildman–Crippen MR) is 142 cm³/mol. The molecule has 8 nitrogen and oxygen atoms in total. The van der Waals surface area contributed by atoms with Crippen LogP contribution in [0.1, 0.15) is 47.4 Å². The molecule has 0 radical (unpaired) electrons. The van der Waals surface area contributed by atoms with Crippen LogP contribution in [0.15, 0.2) is 54.8 Å². The third kappa shape index (κ3) is 5.17. The van der Waals surface area contributed by atoms with Crippen molar-refractivity contribution in [3.05, 3.63) is 88.1 Å². The topological polar surface area (TPSA) is 93.4 Å². The first-order valence-corrected chi connectivity index (χ1v) is 13.2. The Kier molecular flexibility index (Phi) is 6.63. The summed E-state index contributed by atoms with van der Waals surface area (Å²) in [7, 11) is 0. The second-order valence-electron chi connectivity index (χ2n) is 9.18. The molecule has 2 aliphatic rings. The Morgan fingerprint density at radius 2 is 2.11 bits per heavy atom. The lowest BCUT2D eigenvalue weighted by Crippen LogP contribution is -2.22. The highest BCUT2D eigenvalue weighted by molar-refractivity contribution is 7.16. The maximum Gasteiger partial charge on any atom is 0.223 e. The Morgan fingerprint density at radius 1 is 1.21 bits per heavy atom. The van der Waals surface area contributed by atoms with E-state index in [0.29, 0.717) is 35.5 Å². The minimum absolute atomic E-state index is 0.00976. The lowest BCUT2D eigenvalue weighted by molar-refractivity contribution is 0.553. The van der Waals surface area contributed by atoms with Crippen LogP contribution in [0.2, 0.25) is 0 Å². The second kappa shape index (κ2) is 10.4. The molecule has 1 saturated carbocycles. The third-order valence-electron chi connectivity index (χ3n) is 6.36. The van der Waals surface area contributed by atoms with Crippen molar-refractivity contribution in [2.45, 2.75) is 38.4 Å². The predicted octanol–water partition coefficient (Wildman–Crippen LogP) is 5.01. The molecular formula is C27H24F2N8S. The number of halogens is 2. The van der Waals surface area contributed by atoms with Crippen molar-refractivity contribution in [2.24, 2.45) is 0 Å². The van der Waals surface area contributed by atoms with Crippen LogP contribution < -0.4 is 10.6 Å². The molecule has 4 aromatic heterocycles. The molecule has 2 aliphatic carbocycles. The van der Waals surface area contributed by atoms with Gasteiger partial charge in [-0.2, -0.15) is 4.39 Å². The van der Waals surface area contributed by atoms with Gasteiger partial charge in [-0.3, -0.25) is 4.68 Å². The summed E-state index contributed by atoms with van der Waals surface area (Å²) in [6, 6.07) is 3.81. The van der Waals surface area contributed by atoms with Crippen molar-refractivity contribution in [2.75, 3.05) is 11.9 Å². The van der Waals surface area contributed by atoms with E-state index in [9.17, 15) is 8.78 Å². The van der Waals surface area contributed by atoms with E-state index in [4.69, 9.17) is 0 Å². The largest absolute Gasteiger partial charge is 0.352 e. The maximum absolute atomic E-state index is 14.9. The van der Waals surface area contributed by atoms with Gasteiger partial charge in [-0.05, 0) is 43.0 Å². The Hall–Kier alpha value is -4.05. The van der Waals surface area contributed by atoms with Gasteiger partial charge in [0.15, 0.2) is 5.82 Å². The SMILES string of the molecule is CC(NC1CC1)c1cnc(F)cc1C1=C=CC=Cc2cc(-c3nc(NCCn4ccnn4)ncc3F)sc21. The number of thiophene rings is 1. The van der Waals surface area contributed by atoms with Gasteiger partial charge in [0.05, 0.1) is 28.7 Å². The van der Waals surface area contributed by atoms with Gasteiger partial charge in [-0.25, -0.2) is 19.3 Å². The van der Waals surface area contributed by atoms with Crippen LogP contribution in [0.4, 0.5) is 14.7 Å². The molecule has 1 atom stereocenters. The van der Waals surface area contributed by atoms with Gasteiger partial charge in [0.25, 0.3) is 0 Å². The zero-order chi connectivity index (χ0) is 26.1. The zero-order valence-electron chi connectivity index (χ0n) is 20.5. The molecule has 192 valence electrons. The maximum atomic E-state index is 14.9. The molecule has 38 heavy (non-hydrogen) atoms. The molecule has 11 heteroatoms. The van der Waals surface area contributed by atoms with E-state index in [2.05, 4.69) is 48.6 Å². The molecule has 0 amide bonds. The van der Waals surface area contributed by atoms with Gasteiger partial charge in [0, 0.05) is 48.2 Å². The number of hydrogen-bond acceptors (Lipinski definition) is 8. The van der Waals surface area contributed by atoms with Gasteiger partial charge in [-0.15, -0.1) is 22.2 Å². The van der Waals surface area contributed by atoms with Crippen molar-refractivity contribution < 1.29 is 8.78 Å². The van der Waals surface area contributed by atoms with E-state index >= 15 is 0 Å². The summed E-state index contributed by atoms with van der Waals surface area (Å²) >= 11 is 1.39. The molecule has 0 aromatic carbocycles. The van der Waals surface area contributed by atoms with E-state index in [1.54, 1.807) is 23.3 Å². The Labute approximate surface area is 221 Å². The van der Waals surface area contributed by atoms with Gasteiger partial charge in [0.1, 0.15) is 5.69 Å². The van der Waals surface area contributed by atoms with Gasteiger partial charge in [0.2, 0.25) is 11.9 Å². The summed E-state index contributed by atoms with van der Waals surface area (Å²) in [6.07, 6.45) is 14.0. The van der Waals surface area contributed by atoms with Crippen LogP contribution in [-0.2, 0) is 6.54 Å². The first-order chi connectivity index (χ1) is 18.5. The van der Waals surface area contributed by atoms with Crippen molar-refractivity contribution in [3.63, 3.8) is 0 Å². The molecule has 0 saturated heterocycles. The molecule has 4 heterocycles. The number of nitrogens with one attached hydrogen (secondary N) is 2. The number of anilines is 1. The molecule has 0 spiro atoms. The average molecular weight is 531 g/mol. The van der Waals surface area contributed by atoms with Crippen LogP contribution in [-0.4, -0.2) is 42.5 Å². The highest BCUT2D eigenvalue weighted by atomic mass is 32.1. The molecule has 6 rings (SSSR count). The van der Waals surface area contributed by atoms with Crippen LogP contribution in [0.3, 0.4) is 0 Å². The number of fused-ring (bicyclic) bond motifs is 1. The highest BCUT2D eigenvalue weighted by Gasteiger charge is 2.27. The summed E-state index contributed by atoms with van der Waals surface area (Å²) in [5, 5.41) is 14.4. The second-order valence-corrected chi connectivity index (χ2v) is 10.2.